The summed E-state index contributed by atoms with van der Waals surface area (Å²) in [6.45, 7) is 9.67. The smallest absolute Gasteiger partial charge is 0.129 e. The van der Waals surface area contributed by atoms with Crippen LogP contribution in [-0.4, -0.2) is 0 Å². The normalized spacial score (nSPS) is 11.2. The molecule has 1 aromatic rings. The fourth-order valence-electron chi connectivity index (χ4n) is 1.51. The van der Waals surface area contributed by atoms with Crippen molar-refractivity contribution >= 4 is 5.76 Å². The van der Waals surface area contributed by atoms with E-state index in [0.717, 1.165) is 11.3 Å². The van der Waals surface area contributed by atoms with E-state index < -0.39 is 0 Å². The Labute approximate surface area is 85.7 Å². The molecule has 1 nitrogen and oxygen atoms in total. The number of hydrogen-bond acceptors (Lipinski definition) is 1. The lowest BCUT2D eigenvalue weighted by atomic mass is 10.1. The summed E-state index contributed by atoms with van der Waals surface area (Å²) in [7, 11) is 0. The van der Waals surface area contributed by atoms with Crippen molar-refractivity contribution in [2.24, 2.45) is 0 Å². The number of ether oxygens (including phenoxy) is 1. The van der Waals surface area contributed by atoms with Gasteiger partial charge >= 0.3 is 0 Å². The van der Waals surface area contributed by atoms with Gasteiger partial charge in [0.15, 0.2) is 0 Å². The number of aryl methyl sites for hydroxylation is 2. The molecule has 0 spiro atoms. The maximum absolute atomic E-state index is 5.31. The summed E-state index contributed by atoms with van der Waals surface area (Å²) in [6, 6.07) is 6.35. The summed E-state index contributed by atoms with van der Waals surface area (Å²) in [5.41, 5.74) is 3.59. The Bertz CT molecular complexity index is 341. The lowest BCUT2D eigenvalue weighted by Crippen LogP contribution is -1.88. The fourth-order valence-corrected chi connectivity index (χ4v) is 1.51. The van der Waals surface area contributed by atoms with Crippen molar-refractivity contribution in [1.82, 2.24) is 0 Å². The summed E-state index contributed by atoms with van der Waals surface area (Å²) >= 11 is 0. The predicted octanol–water partition coefficient (Wildman–Crippen LogP) is 3.82. The zero-order valence-corrected chi connectivity index (χ0v) is 9.00. The highest BCUT2D eigenvalue weighted by atomic mass is 16.5. The first-order valence-electron chi connectivity index (χ1n) is 4.70. The quantitative estimate of drug-likeness (QED) is 0.655. The van der Waals surface area contributed by atoms with Crippen LogP contribution in [0.1, 0.15) is 23.6 Å². The highest BCUT2D eigenvalue weighted by Gasteiger charge is 2.01. The first-order valence-corrected chi connectivity index (χ1v) is 4.70. The summed E-state index contributed by atoms with van der Waals surface area (Å²) in [4.78, 5) is 0. The molecule has 0 atom stereocenters. The zero-order chi connectivity index (χ0) is 10.6. The molecule has 0 unspecified atom stereocenters. The number of benzene rings is 1. The Balaban J connectivity index is 3.10. The third-order valence-corrected chi connectivity index (χ3v) is 1.98. The molecule has 0 amide bonds. The molecule has 0 aromatic heterocycles. The Morgan fingerprint density at radius 1 is 1.21 bits per heavy atom. The summed E-state index contributed by atoms with van der Waals surface area (Å²) in [6.07, 6.45) is 3.39. The first kappa shape index (κ1) is 10.6. The van der Waals surface area contributed by atoms with Gasteiger partial charge in [-0.3, -0.25) is 0 Å². The molecule has 0 radical (unpaired) electrons. The largest absolute Gasteiger partial charge is 0.465 e. The van der Waals surface area contributed by atoms with Crippen LogP contribution in [0, 0.1) is 13.8 Å². The van der Waals surface area contributed by atoms with Crippen LogP contribution in [0.3, 0.4) is 0 Å². The molecule has 0 heterocycles. The van der Waals surface area contributed by atoms with Crippen LogP contribution in [0.2, 0.25) is 0 Å². The summed E-state index contributed by atoms with van der Waals surface area (Å²) in [5, 5.41) is 0. The molecule has 0 saturated carbocycles. The van der Waals surface area contributed by atoms with Crippen LogP contribution in [0.5, 0.6) is 0 Å². The van der Waals surface area contributed by atoms with E-state index in [9.17, 15) is 0 Å². The van der Waals surface area contributed by atoms with E-state index in [1.165, 1.54) is 17.4 Å². The standard InChI is InChI=1S/C13H16O/c1-5-13(14-6-2)12-8-10(3)7-11(4)9-12/h5-9H,2H2,1,3-4H3/b13-5-. The minimum Gasteiger partial charge on any atom is -0.465 e. The van der Waals surface area contributed by atoms with Crippen molar-refractivity contribution in [3.8, 4) is 0 Å². The molecular formula is C13H16O. The summed E-state index contributed by atoms with van der Waals surface area (Å²) < 4.78 is 5.31. The van der Waals surface area contributed by atoms with Crippen molar-refractivity contribution < 1.29 is 4.74 Å². The second kappa shape index (κ2) is 4.66. The zero-order valence-electron chi connectivity index (χ0n) is 9.00. The minimum atomic E-state index is 0.854. The lowest BCUT2D eigenvalue weighted by Gasteiger charge is -2.07. The molecule has 1 rings (SSSR count). The second-order valence-corrected chi connectivity index (χ2v) is 3.31. The van der Waals surface area contributed by atoms with E-state index in [-0.39, 0.29) is 0 Å². The van der Waals surface area contributed by atoms with E-state index in [0.29, 0.717) is 0 Å². The summed E-state index contributed by atoms with van der Waals surface area (Å²) in [5.74, 6) is 0.854. The maximum atomic E-state index is 5.31. The lowest BCUT2D eigenvalue weighted by molar-refractivity contribution is 0.438. The van der Waals surface area contributed by atoms with Crippen LogP contribution in [0.4, 0.5) is 0 Å². The van der Waals surface area contributed by atoms with Gasteiger partial charge in [0.25, 0.3) is 0 Å². The third kappa shape index (κ3) is 2.49. The second-order valence-electron chi connectivity index (χ2n) is 3.31. The topological polar surface area (TPSA) is 9.23 Å². The van der Waals surface area contributed by atoms with Gasteiger partial charge in [-0.25, -0.2) is 0 Å². The van der Waals surface area contributed by atoms with Crippen molar-refractivity contribution in [3.05, 3.63) is 53.8 Å². The highest BCUT2D eigenvalue weighted by molar-refractivity contribution is 5.61. The average Bonchev–Trinajstić information content (AvgIpc) is 2.12. The predicted molar refractivity (Wildman–Crippen MR) is 60.8 cm³/mol. The van der Waals surface area contributed by atoms with E-state index in [1.807, 2.05) is 13.0 Å². The fraction of sp³-hybridized carbons (Fsp3) is 0.231. The maximum Gasteiger partial charge on any atom is 0.129 e. The minimum absolute atomic E-state index is 0.854. The van der Waals surface area contributed by atoms with E-state index >= 15 is 0 Å². The number of allylic oxidation sites excluding steroid dienone is 1. The van der Waals surface area contributed by atoms with E-state index in [4.69, 9.17) is 4.74 Å². The first-order chi connectivity index (χ1) is 6.67. The molecule has 0 N–H and O–H groups in total. The van der Waals surface area contributed by atoms with Crippen LogP contribution in [0.25, 0.3) is 5.76 Å². The van der Waals surface area contributed by atoms with Gasteiger partial charge in [0.1, 0.15) is 5.76 Å². The molecule has 0 saturated heterocycles. The SMILES string of the molecule is C=CO/C(=C\C)c1cc(C)cc(C)c1. The van der Waals surface area contributed by atoms with Crippen LogP contribution < -0.4 is 0 Å². The molecule has 0 fully saturated rings. The molecule has 0 aliphatic heterocycles. The average molecular weight is 188 g/mol. The molecule has 0 aliphatic carbocycles. The molecule has 14 heavy (non-hydrogen) atoms. The number of hydrogen-bond donors (Lipinski definition) is 0. The van der Waals surface area contributed by atoms with E-state index in [1.54, 1.807) is 0 Å². The Kier molecular flexibility index (Phi) is 3.52. The molecule has 1 heteroatoms. The van der Waals surface area contributed by atoms with Gasteiger partial charge < -0.3 is 4.74 Å². The monoisotopic (exact) mass is 188 g/mol. The molecule has 0 aliphatic rings. The van der Waals surface area contributed by atoms with Crippen LogP contribution >= 0.6 is 0 Å². The van der Waals surface area contributed by atoms with Crippen molar-refractivity contribution in [2.75, 3.05) is 0 Å². The van der Waals surface area contributed by atoms with Gasteiger partial charge in [-0.2, -0.15) is 0 Å². The van der Waals surface area contributed by atoms with Gasteiger partial charge in [-0.05, 0) is 39.0 Å². The van der Waals surface area contributed by atoms with Crippen molar-refractivity contribution in [3.63, 3.8) is 0 Å². The highest BCUT2D eigenvalue weighted by Crippen LogP contribution is 2.19. The molecular weight excluding hydrogens is 172 g/mol. The Morgan fingerprint density at radius 3 is 2.21 bits per heavy atom. The van der Waals surface area contributed by atoms with Gasteiger partial charge in [-0.1, -0.05) is 23.8 Å². The van der Waals surface area contributed by atoms with Crippen LogP contribution in [-0.2, 0) is 4.74 Å². The Morgan fingerprint density at radius 2 is 1.79 bits per heavy atom. The van der Waals surface area contributed by atoms with Gasteiger partial charge in [0.2, 0.25) is 0 Å². The third-order valence-electron chi connectivity index (χ3n) is 1.98. The van der Waals surface area contributed by atoms with Gasteiger partial charge in [-0.15, -0.1) is 0 Å². The molecule has 74 valence electrons. The Hall–Kier alpha value is -1.50. The van der Waals surface area contributed by atoms with Crippen molar-refractivity contribution in [2.45, 2.75) is 20.8 Å². The van der Waals surface area contributed by atoms with Gasteiger partial charge in [0, 0.05) is 5.56 Å². The van der Waals surface area contributed by atoms with Gasteiger partial charge in [0.05, 0.1) is 6.26 Å². The molecule has 0 bridgehead atoms. The van der Waals surface area contributed by atoms with E-state index in [2.05, 4.69) is 38.6 Å². The molecule has 1 aromatic carbocycles. The van der Waals surface area contributed by atoms with Crippen molar-refractivity contribution in [1.29, 1.82) is 0 Å². The number of rotatable bonds is 3. The van der Waals surface area contributed by atoms with Crippen LogP contribution in [0.15, 0.2) is 37.1 Å².